The largest absolute Gasteiger partial charge is 0.352 e. The van der Waals surface area contributed by atoms with E-state index in [1.165, 1.54) is 4.90 Å². The number of rotatable bonds is 10. The predicted molar refractivity (Wildman–Crippen MR) is 128 cm³/mol. The van der Waals surface area contributed by atoms with Gasteiger partial charge in [-0.1, -0.05) is 36.8 Å². The van der Waals surface area contributed by atoms with Crippen LogP contribution >= 0.6 is 0 Å². The van der Waals surface area contributed by atoms with Gasteiger partial charge in [0.2, 0.25) is 21.8 Å². The van der Waals surface area contributed by atoms with Crippen LogP contribution in [0.3, 0.4) is 0 Å². The number of nitrogens with one attached hydrogen (secondary N) is 1. The Hall–Kier alpha value is -3.01. The van der Waals surface area contributed by atoms with Crippen LogP contribution in [0.4, 0.5) is 14.5 Å². The number of halogens is 2. The van der Waals surface area contributed by atoms with Crippen molar-refractivity contribution in [3.05, 3.63) is 65.2 Å². The van der Waals surface area contributed by atoms with Gasteiger partial charge in [0.25, 0.3) is 0 Å². The molecule has 0 heterocycles. The number of anilines is 1. The minimum absolute atomic E-state index is 0.0680. The standard InChI is InChI=1S/C24H31F2N3O4S/c1-6-22(24(31)27-16(2)3)28(14-18-9-7-17(4)8-10-18)23(30)15-29(34(5,32)33)19-11-12-20(25)21(26)13-19/h7-13,16,22H,6,14-15H2,1-5H3,(H,27,31)/t22-/m1/s1. The first-order chi connectivity index (χ1) is 15.8. The number of sulfonamides is 1. The van der Waals surface area contributed by atoms with Gasteiger partial charge in [0.1, 0.15) is 12.6 Å². The molecule has 0 fully saturated rings. The molecule has 10 heteroatoms. The fraction of sp³-hybridized carbons (Fsp3) is 0.417. The van der Waals surface area contributed by atoms with Crippen molar-refractivity contribution in [1.82, 2.24) is 10.2 Å². The summed E-state index contributed by atoms with van der Waals surface area (Å²) < 4.78 is 52.8. The Bertz CT molecular complexity index is 1120. The molecule has 0 aliphatic carbocycles. The van der Waals surface area contributed by atoms with Crippen LogP contribution in [0.1, 0.15) is 38.3 Å². The normalized spacial score (nSPS) is 12.4. The van der Waals surface area contributed by atoms with Gasteiger partial charge in [-0.15, -0.1) is 0 Å². The smallest absolute Gasteiger partial charge is 0.244 e. The molecule has 2 amide bonds. The average Bonchev–Trinajstić information content (AvgIpc) is 2.74. The lowest BCUT2D eigenvalue weighted by atomic mass is 10.1. The van der Waals surface area contributed by atoms with Crippen molar-refractivity contribution < 1.29 is 26.8 Å². The first-order valence-electron chi connectivity index (χ1n) is 10.9. The lowest BCUT2D eigenvalue weighted by Crippen LogP contribution is -2.53. The highest BCUT2D eigenvalue weighted by atomic mass is 32.2. The van der Waals surface area contributed by atoms with Gasteiger partial charge in [-0.3, -0.25) is 13.9 Å². The molecule has 1 atom stereocenters. The van der Waals surface area contributed by atoms with Crippen molar-refractivity contribution in [3.8, 4) is 0 Å². The Morgan fingerprint density at radius 2 is 1.65 bits per heavy atom. The molecule has 0 spiro atoms. The number of hydrogen-bond acceptors (Lipinski definition) is 4. The Balaban J connectivity index is 2.45. The Labute approximate surface area is 199 Å². The van der Waals surface area contributed by atoms with Gasteiger partial charge < -0.3 is 10.2 Å². The number of nitrogens with zero attached hydrogens (tertiary/aromatic N) is 2. The summed E-state index contributed by atoms with van der Waals surface area (Å²) in [5.74, 6) is -3.39. The minimum Gasteiger partial charge on any atom is -0.352 e. The fourth-order valence-corrected chi connectivity index (χ4v) is 4.29. The van der Waals surface area contributed by atoms with E-state index in [9.17, 15) is 26.8 Å². The third-order valence-corrected chi connectivity index (χ3v) is 6.30. The van der Waals surface area contributed by atoms with E-state index in [2.05, 4.69) is 5.32 Å². The van der Waals surface area contributed by atoms with Gasteiger partial charge in [-0.2, -0.15) is 0 Å². The summed E-state index contributed by atoms with van der Waals surface area (Å²) in [4.78, 5) is 27.7. The molecule has 0 saturated heterocycles. The van der Waals surface area contributed by atoms with Gasteiger partial charge in [0.15, 0.2) is 11.6 Å². The molecule has 186 valence electrons. The van der Waals surface area contributed by atoms with E-state index < -0.39 is 40.2 Å². The van der Waals surface area contributed by atoms with E-state index in [4.69, 9.17) is 0 Å². The van der Waals surface area contributed by atoms with Crippen LogP contribution in [0.2, 0.25) is 0 Å². The van der Waals surface area contributed by atoms with Gasteiger partial charge in [-0.05, 0) is 44.9 Å². The summed E-state index contributed by atoms with van der Waals surface area (Å²) in [6, 6.07) is 8.97. The maximum atomic E-state index is 13.8. The molecule has 2 aromatic carbocycles. The number of benzene rings is 2. The van der Waals surface area contributed by atoms with Gasteiger partial charge in [0.05, 0.1) is 11.9 Å². The molecular formula is C24H31F2N3O4S. The zero-order valence-electron chi connectivity index (χ0n) is 20.0. The zero-order chi connectivity index (χ0) is 25.6. The summed E-state index contributed by atoms with van der Waals surface area (Å²) in [5, 5.41) is 2.80. The Morgan fingerprint density at radius 1 is 1.03 bits per heavy atom. The summed E-state index contributed by atoms with van der Waals surface area (Å²) in [7, 11) is -4.03. The molecule has 2 aromatic rings. The molecule has 2 rings (SSSR count). The van der Waals surface area contributed by atoms with Crippen molar-refractivity contribution in [2.75, 3.05) is 17.1 Å². The SMILES string of the molecule is CC[C@H](C(=O)NC(C)C)N(Cc1ccc(C)cc1)C(=O)CN(c1ccc(F)c(F)c1)S(C)(=O)=O. The number of carbonyl (C=O) groups excluding carboxylic acids is 2. The Morgan fingerprint density at radius 3 is 2.15 bits per heavy atom. The number of hydrogen-bond donors (Lipinski definition) is 1. The Kier molecular flexibility index (Phi) is 9.14. The minimum atomic E-state index is -4.03. The van der Waals surface area contributed by atoms with E-state index in [0.717, 1.165) is 35.6 Å². The van der Waals surface area contributed by atoms with Crippen LogP contribution < -0.4 is 9.62 Å². The van der Waals surface area contributed by atoms with E-state index in [1.54, 1.807) is 20.8 Å². The van der Waals surface area contributed by atoms with Gasteiger partial charge >= 0.3 is 0 Å². The van der Waals surface area contributed by atoms with Crippen molar-refractivity contribution in [1.29, 1.82) is 0 Å². The summed E-state index contributed by atoms with van der Waals surface area (Å²) >= 11 is 0. The molecule has 0 saturated carbocycles. The quantitative estimate of drug-likeness (QED) is 0.548. The van der Waals surface area contributed by atoms with Gasteiger partial charge in [-0.25, -0.2) is 17.2 Å². The van der Waals surface area contributed by atoms with Crippen molar-refractivity contribution in [3.63, 3.8) is 0 Å². The average molecular weight is 496 g/mol. The number of aryl methyl sites for hydroxylation is 1. The van der Waals surface area contributed by atoms with Crippen LogP contribution in [0.5, 0.6) is 0 Å². The first-order valence-corrected chi connectivity index (χ1v) is 12.8. The lowest BCUT2D eigenvalue weighted by Gasteiger charge is -2.33. The maximum Gasteiger partial charge on any atom is 0.244 e. The second kappa shape index (κ2) is 11.4. The summed E-state index contributed by atoms with van der Waals surface area (Å²) in [6.45, 7) is 6.66. The van der Waals surface area contributed by atoms with E-state index in [0.29, 0.717) is 10.7 Å². The van der Waals surface area contributed by atoms with Gasteiger partial charge in [0, 0.05) is 18.7 Å². The van der Waals surface area contributed by atoms with Crippen molar-refractivity contribution >= 4 is 27.5 Å². The third-order valence-electron chi connectivity index (χ3n) is 5.16. The molecule has 7 nitrogen and oxygen atoms in total. The third kappa shape index (κ3) is 7.24. The highest BCUT2D eigenvalue weighted by molar-refractivity contribution is 7.92. The summed E-state index contributed by atoms with van der Waals surface area (Å²) in [6.07, 6.45) is 1.16. The predicted octanol–water partition coefficient (Wildman–Crippen LogP) is 3.37. The highest BCUT2D eigenvalue weighted by Gasteiger charge is 2.32. The molecule has 34 heavy (non-hydrogen) atoms. The first kappa shape index (κ1) is 27.2. The molecule has 0 aliphatic rings. The lowest BCUT2D eigenvalue weighted by molar-refractivity contribution is -0.140. The second-order valence-electron chi connectivity index (χ2n) is 8.46. The van der Waals surface area contributed by atoms with E-state index in [-0.39, 0.29) is 24.2 Å². The van der Waals surface area contributed by atoms with Crippen molar-refractivity contribution in [2.24, 2.45) is 0 Å². The molecule has 0 aromatic heterocycles. The topological polar surface area (TPSA) is 86.8 Å². The highest BCUT2D eigenvalue weighted by Crippen LogP contribution is 2.22. The fourth-order valence-electron chi connectivity index (χ4n) is 3.44. The molecule has 0 aliphatic heterocycles. The number of amides is 2. The zero-order valence-corrected chi connectivity index (χ0v) is 20.8. The molecule has 0 bridgehead atoms. The van der Waals surface area contributed by atoms with Crippen LogP contribution in [-0.4, -0.2) is 50.0 Å². The molecule has 0 radical (unpaired) electrons. The molecule has 1 N–H and O–H groups in total. The van der Waals surface area contributed by atoms with E-state index >= 15 is 0 Å². The number of carbonyl (C=O) groups is 2. The monoisotopic (exact) mass is 495 g/mol. The van der Waals surface area contributed by atoms with Crippen LogP contribution in [-0.2, 0) is 26.2 Å². The van der Waals surface area contributed by atoms with Crippen LogP contribution in [0.25, 0.3) is 0 Å². The summed E-state index contributed by atoms with van der Waals surface area (Å²) in [5.41, 5.74) is 1.59. The molecule has 0 unspecified atom stereocenters. The van der Waals surface area contributed by atoms with Crippen molar-refractivity contribution in [2.45, 2.75) is 52.7 Å². The van der Waals surface area contributed by atoms with Crippen LogP contribution in [0.15, 0.2) is 42.5 Å². The maximum absolute atomic E-state index is 13.8. The second-order valence-corrected chi connectivity index (χ2v) is 10.4. The van der Waals surface area contributed by atoms with Crippen LogP contribution in [0, 0.1) is 18.6 Å². The molecular weight excluding hydrogens is 464 g/mol. The van der Waals surface area contributed by atoms with E-state index in [1.807, 2.05) is 31.2 Å².